The first-order valence-electron chi connectivity index (χ1n) is 8.66. The highest BCUT2D eigenvalue weighted by atomic mass is 16.5. The van der Waals surface area contributed by atoms with E-state index in [1.54, 1.807) is 39.5 Å². The van der Waals surface area contributed by atoms with Crippen LogP contribution in [-0.4, -0.2) is 27.2 Å². The maximum Gasteiger partial charge on any atom is 0.231 e. The molecule has 1 amide bonds. The average molecular weight is 365 g/mol. The van der Waals surface area contributed by atoms with E-state index in [0.29, 0.717) is 17.2 Å². The van der Waals surface area contributed by atoms with Gasteiger partial charge in [0.1, 0.15) is 5.75 Å². The summed E-state index contributed by atoms with van der Waals surface area (Å²) in [5, 5.41) is 5.08. The number of carbonyl (C=O) groups is 1. The van der Waals surface area contributed by atoms with Crippen LogP contribution in [0.3, 0.4) is 0 Å². The molecule has 1 unspecified atom stereocenters. The molecule has 0 fully saturated rings. The highest BCUT2D eigenvalue weighted by Gasteiger charge is 2.17. The van der Waals surface area contributed by atoms with E-state index in [0.717, 1.165) is 22.1 Å². The third-order valence-electron chi connectivity index (χ3n) is 4.62. The molecule has 3 aromatic carbocycles. The lowest BCUT2D eigenvalue weighted by molar-refractivity contribution is -0.117. The van der Waals surface area contributed by atoms with E-state index in [9.17, 15) is 4.79 Å². The molecule has 0 aromatic heterocycles. The van der Waals surface area contributed by atoms with Crippen molar-refractivity contribution in [3.8, 4) is 17.2 Å². The molecule has 0 spiro atoms. The summed E-state index contributed by atoms with van der Waals surface area (Å²) in [7, 11) is 4.79. The monoisotopic (exact) mass is 365 g/mol. The van der Waals surface area contributed by atoms with Gasteiger partial charge in [0.05, 0.1) is 27.2 Å². The number of amides is 1. The SMILES string of the molecule is COc1ccc2cc(C(C)C(=O)Nc3ccc(OC)c(OC)c3)ccc2c1. The van der Waals surface area contributed by atoms with Gasteiger partial charge in [-0.3, -0.25) is 4.79 Å². The Kier molecular flexibility index (Phi) is 5.50. The smallest absolute Gasteiger partial charge is 0.231 e. The lowest BCUT2D eigenvalue weighted by Crippen LogP contribution is -2.18. The molecule has 0 aliphatic carbocycles. The van der Waals surface area contributed by atoms with Crippen molar-refractivity contribution in [2.24, 2.45) is 0 Å². The van der Waals surface area contributed by atoms with E-state index in [1.807, 2.05) is 43.3 Å². The van der Waals surface area contributed by atoms with Gasteiger partial charge in [-0.2, -0.15) is 0 Å². The Labute approximate surface area is 158 Å². The van der Waals surface area contributed by atoms with Crippen LogP contribution < -0.4 is 19.5 Å². The number of carbonyl (C=O) groups excluding carboxylic acids is 1. The molecule has 0 radical (unpaired) electrons. The second-order valence-electron chi connectivity index (χ2n) is 6.25. The van der Waals surface area contributed by atoms with E-state index in [2.05, 4.69) is 5.32 Å². The van der Waals surface area contributed by atoms with Gasteiger partial charge in [-0.25, -0.2) is 0 Å². The molecule has 0 saturated heterocycles. The fraction of sp³-hybridized carbons (Fsp3) is 0.227. The zero-order valence-electron chi connectivity index (χ0n) is 15.9. The van der Waals surface area contributed by atoms with Gasteiger partial charge in [-0.15, -0.1) is 0 Å². The summed E-state index contributed by atoms with van der Waals surface area (Å²) in [5.41, 5.74) is 1.61. The van der Waals surface area contributed by atoms with Crippen molar-refractivity contribution in [1.82, 2.24) is 0 Å². The maximum atomic E-state index is 12.7. The Morgan fingerprint density at radius 3 is 2.22 bits per heavy atom. The highest BCUT2D eigenvalue weighted by Crippen LogP contribution is 2.31. The van der Waals surface area contributed by atoms with E-state index < -0.39 is 0 Å². The van der Waals surface area contributed by atoms with Crippen molar-refractivity contribution in [3.05, 3.63) is 60.2 Å². The van der Waals surface area contributed by atoms with Gasteiger partial charge >= 0.3 is 0 Å². The molecule has 0 heterocycles. The molecule has 3 rings (SSSR count). The first-order valence-corrected chi connectivity index (χ1v) is 8.66. The number of methoxy groups -OCH3 is 3. The molecule has 1 N–H and O–H groups in total. The Bertz CT molecular complexity index is 968. The van der Waals surface area contributed by atoms with Crippen molar-refractivity contribution in [2.45, 2.75) is 12.8 Å². The minimum Gasteiger partial charge on any atom is -0.497 e. The Hall–Kier alpha value is -3.21. The molecule has 1 atom stereocenters. The molecule has 3 aromatic rings. The summed E-state index contributed by atoms with van der Waals surface area (Å²) in [6, 6.07) is 17.2. The number of benzene rings is 3. The standard InChI is InChI=1S/C22H23NO4/c1-14(15-5-6-17-12-19(25-2)9-7-16(17)11-15)22(24)23-18-8-10-20(26-3)21(13-18)27-4/h5-14H,1-4H3,(H,23,24). The van der Waals surface area contributed by atoms with Crippen LogP contribution in [0.15, 0.2) is 54.6 Å². The average Bonchev–Trinajstić information content (AvgIpc) is 2.72. The van der Waals surface area contributed by atoms with Crippen LogP contribution in [0.25, 0.3) is 10.8 Å². The van der Waals surface area contributed by atoms with Gasteiger partial charge < -0.3 is 19.5 Å². The predicted molar refractivity (Wildman–Crippen MR) is 107 cm³/mol. The van der Waals surface area contributed by atoms with Crippen molar-refractivity contribution in [3.63, 3.8) is 0 Å². The molecule has 140 valence electrons. The third-order valence-corrected chi connectivity index (χ3v) is 4.62. The van der Waals surface area contributed by atoms with E-state index >= 15 is 0 Å². The molecular weight excluding hydrogens is 342 g/mol. The summed E-state index contributed by atoms with van der Waals surface area (Å²) >= 11 is 0. The van der Waals surface area contributed by atoms with Crippen LogP contribution in [0.1, 0.15) is 18.4 Å². The van der Waals surface area contributed by atoms with Crippen molar-refractivity contribution in [1.29, 1.82) is 0 Å². The summed E-state index contributed by atoms with van der Waals surface area (Å²) < 4.78 is 15.8. The van der Waals surface area contributed by atoms with E-state index in [4.69, 9.17) is 14.2 Å². The molecule has 27 heavy (non-hydrogen) atoms. The quantitative estimate of drug-likeness (QED) is 0.693. The molecule has 0 aliphatic heterocycles. The van der Waals surface area contributed by atoms with E-state index in [1.165, 1.54) is 0 Å². The number of ether oxygens (including phenoxy) is 3. The first kappa shape index (κ1) is 18.6. The summed E-state index contributed by atoms with van der Waals surface area (Å²) in [6.45, 7) is 1.89. The maximum absolute atomic E-state index is 12.7. The van der Waals surface area contributed by atoms with Crippen LogP contribution >= 0.6 is 0 Å². The zero-order valence-corrected chi connectivity index (χ0v) is 15.9. The molecule has 5 heteroatoms. The zero-order chi connectivity index (χ0) is 19.4. The van der Waals surface area contributed by atoms with Crippen molar-refractivity contribution in [2.75, 3.05) is 26.6 Å². The van der Waals surface area contributed by atoms with Crippen LogP contribution in [0.4, 0.5) is 5.69 Å². The lowest BCUT2D eigenvalue weighted by atomic mass is 9.97. The van der Waals surface area contributed by atoms with Crippen molar-refractivity contribution < 1.29 is 19.0 Å². The molecule has 5 nitrogen and oxygen atoms in total. The van der Waals surface area contributed by atoms with Gasteiger partial charge in [-0.1, -0.05) is 24.3 Å². The summed E-state index contributed by atoms with van der Waals surface area (Å²) in [5.74, 6) is 1.62. The number of rotatable bonds is 6. The topological polar surface area (TPSA) is 56.8 Å². The van der Waals surface area contributed by atoms with E-state index in [-0.39, 0.29) is 11.8 Å². The second-order valence-corrected chi connectivity index (χ2v) is 6.25. The molecule has 0 aliphatic rings. The minimum absolute atomic E-state index is 0.0879. The minimum atomic E-state index is -0.301. The van der Waals surface area contributed by atoms with Gasteiger partial charge in [-0.05, 0) is 47.5 Å². The first-order chi connectivity index (χ1) is 13.0. The lowest BCUT2D eigenvalue weighted by Gasteiger charge is -2.15. The number of nitrogens with one attached hydrogen (secondary N) is 1. The molecular formula is C22H23NO4. The van der Waals surface area contributed by atoms with Gasteiger partial charge in [0, 0.05) is 11.8 Å². The summed E-state index contributed by atoms with van der Waals surface area (Å²) in [4.78, 5) is 12.7. The fourth-order valence-electron chi connectivity index (χ4n) is 2.95. The number of anilines is 1. The van der Waals surface area contributed by atoms with Gasteiger partial charge in [0.15, 0.2) is 11.5 Å². The van der Waals surface area contributed by atoms with Crippen molar-refractivity contribution >= 4 is 22.4 Å². The van der Waals surface area contributed by atoms with Gasteiger partial charge in [0.25, 0.3) is 0 Å². The second kappa shape index (κ2) is 7.99. The Balaban J connectivity index is 1.79. The fourth-order valence-corrected chi connectivity index (χ4v) is 2.95. The molecule has 0 bridgehead atoms. The Morgan fingerprint density at radius 2 is 1.52 bits per heavy atom. The number of hydrogen-bond acceptors (Lipinski definition) is 4. The number of hydrogen-bond donors (Lipinski definition) is 1. The van der Waals surface area contributed by atoms with Crippen LogP contribution in [0, 0.1) is 0 Å². The normalized spacial score (nSPS) is 11.7. The van der Waals surface area contributed by atoms with Crippen LogP contribution in [-0.2, 0) is 4.79 Å². The third kappa shape index (κ3) is 3.97. The van der Waals surface area contributed by atoms with Crippen LogP contribution in [0.5, 0.6) is 17.2 Å². The predicted octanol–water partition coefficient (Wildman–Crippen LogP) is 4.61. The molecule has 0 saturated carbocycles. The highest BCUT2D eigenvalue weighted by molar-refractivity contribution is 5.96. The van der Waals surface area contributed by atoms with Gasteiger partial charge in [0.2, 0.25) is 5.91 Å². The Morgan fingerprint density at radius 1 is 0.815 bits per heavy atom. The largest absolute Gasteiger partial charge is 0.497 e. The number of fused-ring (bicyclic) bond motifs is 1. The van der Waals surface area contributed by atoms with Crippen LogP contribution in [0.2, 0.25) is 0 Å². The summed E-state index contributed by atoms with van der Waals surface area (Å²) in [6.07, 6.45) is 0.